The molecule has 0 aromatic carbocycles. The van der Waals surface area contributed by atoms with Crippen molar-refractivity contribution in [3.8, 4) is 0 Å². The molecule has 0 spiro atoms. The van der Waals surface area contributed by atoms with E-state index in [-0.39, 0.29) is 17.9 Å². The smallest absolute Gasteiger partial charge is 0.248 e. The fourth-order valence-corrected chi connectivity index (χ4v) is 2.76. The van der Waals surface area contributed by atoms with Crippen molar-refractivity contribution >= 4 is 11.8 Å². The second kappa shape index (κ2) is 5.87. The third kappa shape index (κ3) is 3.09. The van der Waals surface area contributed by atoms with Gasteiger partial charge in [-0.2, -0.15) is 0 Å². The van der Waals surface area contributed by atoms with Gasteiger partial charge >= 0.3 is 0 Å². The van der Waals surface area contributed by atoms with Gasteiger partial charge < -0.3 is 14.8 Å². The summed E-state index contributed by atoms with van der Waals surface area (Å²) in [5, 5.41) is 2.82. The minimum Gasteiger partial charge on any atom is -0.340 e. The number of carbonyl (C=O) groups is 2. The number of hydrogen-bond donors (Lipinski definition) is 1. The van der Waals surface area contributed by atoms with Gasteiger partial charge in [0.2, 0.25) is 11.8 Å². The predicted octanol–water partition coefficient (Wildman–Crippen LogP) is 0.868. The third-order valence-electron chi connectivity index (χ3n) is 3.97. The van der Waals surface area contributed by atoms with Crippen molar-refractivity contribution in [2.45, 2.75) is 51.6 Å². The summed E-state index contributed by atoms with van der Waals surface area (Å²) in [6, 6.07) is -0.365. The van der Waals surface area contributed by atoms with Gasteiger partial charge in [0.15, 0.2) is 0 Å². The molecule has 1 aliphatic heterocycles. The van der Waals surface area contributed by atoms with Gasteiger partial charge in [-0.05, 0) is 20.3 Å². The van der Waals surface area contributed by atoms with Gasteiger partial charge in [0.25, 0.3) is 0 Å². The number of imidazole rings is 1. The zero-order valence-electron chi connectivity index (χ0n) is 13.2. The number of rotatable bonds is 5. The van der Waals surface area contributed by atoms with E-state index in [0.717, 1.165) is 12.2 Å². The van der Waals surface area contributed by atoms with Gasteiger partial charge in [-0.15, -0.1) is 0 Å². The molecule has 6 heteroatoms. The number of aryl methyl sites for hydroxylation is 1. The first-order valence-electron chi connectivity index (χ1n) is 7.46. The van der Waals surface area contributed by atoms with Crippen LogP contribution in [0.3, 0.4) is 0 Å². The number of carbonyl (C=O) groups excluding carboxylic acids is 2. The predicted molar refractivity (Wildman–Crippen MR) is 79.5 cm³/mol. The molecule has 21 heavy (non-hydrogen) atoms. The van der Waals surface area contributed by atoms with Crippen LogP contribution in [0.2, 0.25) is 0 Å². The van der Waals surface area contributed by atoms with Gasteiger partial charge in [-0.1, -0.05) is 13.3 Å². The van der Waals surface area contributed by atoms with Gasteiger partial charge in [-0.25, -0.2) is 4.98 Å². The molecule has 2 rings (SSSR count). The average Bonchev–Trinajstić information content (AvgIpc) is 2.81. The zero-order valence-corrected chi connectivity index (χ0v) is 13.2. The number of amides is 2. The molecule has 0 bridgehead atoms. The number of aromatic nitrogens is 2. The molecule has 116 valence electrons. The first kappa shape index (κ1) is 15.5. The fourth-order valence-electron chi connectivity index (χ4n) is 2.76. The molecule has 1 atom stereocenters. The fraction of sp³-hybridized carbons (Fsp3) is 0.667. The molecule has 0 aliphatic carbocycles. The maximum atomic E-state index is 12.6. The quantitative estimate of drug-likeness (QED) is 0.875. The molecule has 2 heterocycles. The Morgan fingerprint density at radius 2 is 2.10 bits per heavy atom. The molecule has 6 nitrogen and oxygen atoms in total. The Labute approximate surface area is 125 Å². The van der Waals surface area contributed by atoms with E-state index in [9.17, 15) is 9.59 Å². The minimum absolute atomic E-state index is 0.0187. The molecule has 1 aromatic rings. The summed E-state index contributed by atoms with van der Waals surface area (Å²) in [5.41, 5.74) is -0.830. The lowest BCUT2D eigenvalue weighted by atomic mass is 9.94. The Morgan fingerprint density at radius 1 is 1.38 bits per heavy atom. The number of hydrogen-bond acceptors (Lipinski definition) is 3. The highest BCUT2D eigenvalue weighted by Crippen LogP contribution is 2.21. The summed E-state index contributed by atoms with van der Waals surface area (Å²) in [7, 11) is 1.93. The number of nitrogens with zero attached hydrogens (tertiary/aromatic N) is 3. The highest BCUT2D eigenvalue weighted by atomic mass is 16.2. The molecule has 1 N–H and O–H groups in total. The van der Waals surface area contributed by atoms with Crippen LogP contribution in [-0.4, -0.2) is 44.4 Å². The van der Waals surface area contributed by atoms with E-state index in [2.05, 4.69) is 10.3 Å². The molecule has 0 radical (unpaired) electrons. The summed E-state index contributed by atoms with van der Waals surface area (Å²) in [6.45, 7) is 6.05. The Balaban J connectivity index is 2.16. The Hall–Kier alpha value is -1.85. The lowest BCUT2D eigenvalue weighted by Gasteiger charge is -2.42. The highest BCUT2D eigenvalue weighted by Gasteiger charge is 2.44. The van der Waals surface area contributed by atoms with E-state index in [1.165, 1.54) is 0 Å². The van der Waals surface area contributed by atoms with Crippen molar-refractivity contribution in [2.75, 3.05) is 6.54 Å². The lowest BCUT2D eigenvalue weighted by molar-refractivity contribution is -0.153. The third-order valence-corrected chi connectivity index (χ3v) is 3.97. The first-order valence-corrected chi connectivity index (χ1v) is 7.46. The van der Waals surface area contributed by atoms with Crippen molar-refractivity contribution in [1.82, 2.24) is 19.8 Å². The standard InChI is InChI=1S/C15H24N4O2/c1-5-6-11-13(20)17-15(2,3)14(21)19(11)9-7-12-16-8-10-18(12)4/h8,10-11H,5-7,9H2,1-4H3,(H,17,20). The second-order valence-corrected chi connectivity index (χ2v) is 6.12. The summed E-state index contributed by atoms with van der Waals surface area (Å²) in [5.74, 6) is 0.845. The van der Waals surface area contributed by atoms with Crippen molar-refractivity contribution in [3.05, 3.63) is 18.2 Å². The van der Waals surface area contributed by atoms with Crippen LogP contribution in [0.1, 0.15) is 39.4 Å². The summed E-state index contributed by atoms with van der Waals surface area (Å²) >= 11 is 0. The van der Waals surface area contributed by atoms with E-state index >= 15 is 0 Å². The average molecular weight is 292 g/mol. The maximum Gasteiger partial charge on any atom is 0.248 e. The van der Waals surface area contributed by atoms with Crippen LogP contribution in [0, 0.1) is 0 Å². The topological polar surface area (TPSA) is 67.2 Å². The monoisotopic (exact) mass is 292 g/mol. The van der Waals surface area contributed by atoms with E-state index < -0.39 is 5.54 Å². The molecular weight excluding hydrogens is 268 g/mol. The molecule has 0 saturated carbocycles. The van der Waals surface area contributed by atoms with Gasteiger partial charge in [0.1, 0.15) is 17.4 Å². The van der Waals surface area contributed by atoms with Crippen LogP contribution < -0.4 is 5.32 Å². The highest BCUT2D eigenvalue weighted by molar-refractivity contribution is 5.99. The van der Waals surface area contributed by atoms with E-state index in [1.54, 1.807) is 24.9 Å². The van der Waals surface area contributed by atoms with Crippen LogP contribution in [0.5, 0.6) is 0 Å². The van der Waals surface area contributed by atoms with Crippen LogP contribution in [-0.2, 0) is 23.1 Å². The molecule has 1 saturated heterocycles. The molecule has 1 unspecified atom stereocenters. The van der Waals surface area contributed by atoms with Gasteiger partial charge in [-0.3, -0.25) is 9.59 Å². The van der Waals surface area contributed by atoms with Gasteiger partial charge in [0.05, 0.1) is 0 Å². The summed E-state index contributed by atoms with van der Waals surface area (Å²) < 4.78 is 1.94. The Morgan fingerprint density at radius 3 is 2.67 bits per heavy atom. The minimum atomic E-state index is -0.830. The lowest BCUT2D eigenvalue weighted by Crippen LogP contribution is -2.68. The number of piperazine rings is 1. The van der Waals surface area contributed by atoms with Gasteiger partial charge in [0, 0.05) is 32.4 Å². The second-order valence-electron chi connectivity index (χ2n) is 6.12. The normalized spacial score (nSPS) is 21.5. The van der Waals surface area contributed by atoms with E-state index in [0.29, 0.717) is 19.4 Å². The molecule has 1 aliphatic rings. The van der Waals surface area contributed by atoms with Crippen molar-refractivity contribution < 1.29 is 9.59 Å². The molecule has 2 amide bonds. The van der Waals surface area contributed by atoms with Crippen molar-refractivity contribution in [3.63, 3.8) is 0 Å². The molecule has 1 fully saturated rings. The number of nitrogens with one attached hydrogen (secondary N) is 1. The SMILES string of the molecule is CCCC1C(=O)NC(C)(C)C(=O)N1CCc1nccn1C. The van der Waals surface area contributed by atoms with Crippen LogP contribution in [0.25, 0.3) is 0 Å². The van der Waals surface area contributed by atoms with Crippen molar-refractivity contribution in [1.29, 1.82) is 0 Å². The first-order chi connectivity index (χ1) is 9.86. The summed E-state index contributed by atoms with van der Waals surface area (Å²) in [6.07, 6.45) is 5.83. The Kier molecular flexibility index (Phi) is 4.34. The van der Waals surface area contributed by atoms with Crippen molar-refractivity contribution in [2.24, 2.45) is 7.05 Å². The maximum absolute atomic E-state index is 12.6. The summed E-state index contributed by atoms with van der Waals surface area (Å²) in [4.78, 5) is 30.9. The van der Waals surface area contributed by atoms with Crippen LogP contribution >= 0.6 is 0 Å². The molecule has 1 aromatic heterocycles. The molecular formula is C15H24N4O2. The largest absolute Gasteiger partial charge is 0.340 e. The Bertz CT molecular complexity index is 536. The zero-order chi connectivity index (χ0) is 15.6. The van der Waals surface area contributed by atoms with E-state index in [1.807, 2.05) is 24.7 Å². The van der Waals surface area contributed by atoms with Crippen LogP contribution in [0.4, 0.5) is 0 Å². The van der Waals surface area contributed by atoms with E-state index in [4.69, 9.17) is 0 Å². The van der Waals surface area contributed by atoms with Crippen LogP contribution in [0.15, 0.2) is 12.4 Å².